The maximum atomic E-state index is 12.1. The number of para-hydroxylation sites is 1. The van der Waals surface area contributed by atoms with Crippen LogP contribution < -0.4 is 10.1 Å². The zero-order chi connectivity index (χ0) is 15.6. The molecule has 1 aliphatic rings. The molecule has 1 N–H and O–H groups in total. The first-order valence-corrected chi connectivity index (χ1v) is 8.21. The molecule has 1 saturated carbocycles. The summed E-state index contributed by atoms with van der Waals surface area (Å²) < 4.78 is 6.50. The third-order valence-electron chi connectivity index (χ3n) is 3.72. The summed E-state index contributed by atoms with van der Waals surface area (Å²) in [6.07, 6.45) is 1.90. The lowest BCUT2D eigenvalue weighted by molar-refractivity contribution is -0.124. The first-order chi connectivity index (χ1) is 10.6. The maximum Gasteiger partial charge on any atom is 0.258 e. The number of carbonyl (C=O) groups is 1. The highest BCUT2D eigenvalue weighted by Gasteiger charge is 2.45. The number of ether oxygens (including phenoxy) is 1. The average Bonchev–Trinajstić information content (AvgIpc) is 3.28. The molecule has 3 nitrogen and oxygen atoms in total. The molecule has 0 atom stereocenters. The third-order valence-corrected chi connectivity index (χ3v) is 4.56. The number of halogens is 2. The van der Waals surface area contributed by atoms with Gasteiger partial charge in [-0.25, -0.2) is 0 Å². The van der Waals surface area contributed by atoms with Crippen molar-refractivity contribution >= 4 is 33.4 Å². The molecular formula is C17H15BrClNO2. The second-order valence-corrected chi connectivity index (χ2v) is 6.68. The molecule has 2 aromatic carbocycles. The minimum absolute atomic E-state index is 0.0397. The molecule has 1 aliphatic carbocycles. The Morgan fingerprint density at radius 2 is 1.86 bits per heavy atom. The Morgan fingerprint density at radius 1 is 1.18 bits per heavy atom. The van der Waals surface area contributed by atoms with Gasteiger partial charge in [-0.05, 0) is 42.7 Å². The highest BCUT2D eigenvalue weighted by molar-refractivity contribution is 9.10. The minimum Gasteiger partial charge on any atom is -0.482 e. The molecule has 1 fully saturated rings. The van der Waals surface area contributed by atoms with Crippen LogP contribution in [0.4, 0.5) is 0 Å². The van der Waals surface area contributed by atoms with E-state index in [0.717, 1.165) is 22.9 Å². The van der Waals surface area contributed by atoms with Crippen molar-refractivity contribution in [1.82, 2.24) is 5.32 Å². The summed E-state index contributed by atoms with van der Waals surface area (Å²) in [6, 6.07) is 15.2. The smallest absolute Gasteiger partial charge is 0.258 e. The van der Waals surface area contributed by atoms with E-state index in [4.69, 9.17) is 16.3 Å². The zero-order valence-corrected chi connectivity index (χ0v) is 14.2. The maximum absolute atomic E-state index is 12.1. The number of rotatable bonds is 5. The lowest BCUT2D eigenvalue weighted by Gasteiger charge is -2.18. The van der Waals surface area contributed by atoms with Gasteiger partial charge >= 0.3 is 0 Å². The highest BCUT2D eigenvalue weighted by Crippen LogP contribution is 2.45. The first-order valence-electron chi connectivity index (χ1n) is 7.03. The molecule has 22 heavy (non-hydrogen) atoms. The fourth-order valence-electron chi connectivity index (χ4n) is 2.39. The average molecular weight is 381 g/mol. The van der Waals surface area contributed by atoms with Gasteiger partial charge in [-0.1, -0.05) is 51.8 Å². The molecule has 0 heterocycles. The van der Waals surface area contributed by atoms with Crippen LogP contribution >= 0.6 is 27.5 Å². The number of carbonyl (C=O) groups excluding carboxylic acids is 1. The van der Waals surface area contributed by atoms with Gasteiger partial charge in [0.1, 0.15) is 5.75 Å². The lowest BCUT2D eigenvalue weighted by Crippen LogP contribution is -2.38. The van der Waals surface area contributed by atoms with Gasteiger partial charge < -0.3 is 10.1 Å². The predicted octanol–water partition coefficient (Wildman–Crippen LogP) is 4.29. The summed E-state index contributed by atoms with van der Waals surface area (Å²) in [6.45, 7) is -0.0397. The summed E-state index contributed by atoms with van der Waals surface area (Å²) in [5, 5.41) is 3.57. The summed E-state index contributed by atoms with van der Waals surface area (Å²) in [4.78, 5) is 12.1. The summed E-state index contributed by atoms with van der Waals surface area (Å²) in [5.41, 5.74) is 0.892. The van der Waals surface area contributed by atoms with Crippen LogP contribution in [0.1, 0.15) is 18.4 Å². The molecule has 5 heteroatoms. The van der Waals surface area contributed by atoms with Crippen LogP contribution in [0.2, 0.25) is 5.02 Å². The van der Waals surface area contributed by atoms with Crippen LogP contribution in [0.15, 0.2) is 53.0 Å². The Kier molecular flexibility index (Phi) is 4.41. The van der Waals surface area contributed by atoms with Crippen LogP contribution in [-0.2, 0) is 10.3 Å². The van der Waals surface area contributed by atoms with Gasteiger partial charge in [0.25, 0.3) is 5.91 Å². The van der Waals surface area contributed by atoms with Crippen LogP contribution in [0, 0.1) is 0 Å². The van der Waals surface area contributed by atoms with E-state index in [1.54, 1.807) is 12.1 Å². The van der Waals surface area contributed by atoms with Crippen LogP contribution in [0.25, 0.3) is 0 Å². The number of amides is 1. The molecule has 3 rings (SSSR count). The van der Waals surface area contributed by atoms with Crippen molar-refractivity contribution in [2.24, 2.45) is 0 Å². The van der Waals surface area contributed by atoms with E-state index in [2.05, 4.69) is 21.2 Å². The number of hydrogen-bond donors (Lipinski definition) is 1. The van der Waals surface area contributed by atoms with Gasteiger partial charge in [0, 0.05) is 4.47 Å². The van der Waals surface area contributed by atoms with Crippen LogP contribution in [-0.4, -0.2) is 12.5 Å². The molecule has 114 valence electrons. The molecule has 0 bridgehead atoms. The lowest BCUT2D eigenvalue weighted by atomic mass is 10.1. The van der Waals surface area contributed by atoms with Crippen molar-refractivity contribution in [3.8, 4) is 5.75 Å². The molecule has 1 amide bonds. The molecule has 0 aliphatic heterocycles. The van der Waals surface area contributed by atoms with E-state index in [9.17, 15) is 4.79 Å². The van der Waals surface area contributed by atoms with Crippen LogP contribution in [0.5, 0.6) is 5.75 Å². The predicted molar refractivity (Wildman–Crippen MR) is 90.1 cm³/mol. The second-order valence-electron chi connectivity index (χ2n) is 5.36. The molecule has 0 unspecified atom stereocenters. The Morgan fingerprint density at radius 3 is 2.50 bits per heavy atom. The normalized spacial score (nSPS) is 15.2. The fourth-order valence-corrected chi connectivity index (χ4v) is 2.84. The van der Waals surface area contributed by atoms with E-state index in [1.807, 2.05) is 36.4 Å². The van der Waals surface area contributed by atoms with Gasteiger partial charge in [0.05, 0.1) is 10.6 Å². The highest BCUT2D eigenvalue weighted by atomic mass is 79.9. The Labute approximate surface area is 142 Å². The van der Waals surface area contributed by atoms with Crippen molar-refractivity contribution in [2.45, 2.75) is 18.4 Å². The topological polar surface area (TPSA) is 38.3 Å². The molecule has 0 radical (unpaired) electrons. The van der Waals surface area contributed by atoms with Crippen LogP contribution in [0.3, 0.4) is 0 Å². The Bertz CT molecular complexity index is 683. The second kappa shape index (κ2) is 6.31. The minimum atomic E-state index is -0.234. The number of hydrogen-bond acceptors (Lipinski definition) is 2. The van der Waals surface area contributed by atoms with Crippen molar-refractivity contribution in [3.63, 3.8) is 0 Å². The first kappa shape index (κ1) is 15.4. The van der Waals surface area contributed by atoms with Crippen molar-refractivity contribution in [2.75, 3.05) is 6.61 Å². The van der Waals surface area contributed by atoms with E-state index >= 15 is 0 Å². The monoisotopic (exact) mass is 379 g/mol. The van der Waals surface area contributed by atoms with Gasteiger partial charge in [0.2, 0.25) is 0 Å². The van der Waals surface area contributed by atoms with E-state index in [1.165, 1.54) is 0 Å². The SMILES string of the molecule is O=C(COc1ccccc1Cl)NC1(c2ccc(Br)cc2)CC1. The van der Waals surface area contributed by atoms with Crippen molar-refractivity contribution < 1.29 is 9.53 Å². The number of benzene rings is 2. The van der Waals surface area contributed by atoms with Gasteiger partial charge in [-0.2, -0.15) is 0 Å². The molecule has 0 aromatic heterocycles. The standard InChI is InChI=1S/C17H15BrClNO2/c18-13-7-5-12(6-8-13)17(9-10-17)20-16(21)11-22-15-4-2-1-3-14(15)19/h1-8H,9-11H2,(H,20,21). The Hall–Kier alpha value is -1.52. The van der Waals surface area contributed by atoms with E-state index < -0.39 is 0 Å². The molecular weight excluding hydrogens is 366 g/mol. The molecule has 2 aromatic rings. The third kappa shape index (κ3) is 3.45. The van der Waals surface area contributed by atoms with Crippen molar-refractivity contribution in [3.05, 3.63) is 63.6 Å². The van der Waals surface area contributed by atoms with Gasteiger partial charge in [-0.3, -0.25) is 4.79 Å². The van der Waals surface area contributed by atoms with Gasteiger partial charge in [0.15, 0.2) is 6.61 Å². The van der Waals surface area contributed by atoms with Crippen molar-refractivity contribution in [1.29, 1.82) is 0 Å². The van der Waals surface area contributed by atoms with E-state index in [0.29, 0.717) is 10.8 Å². The number of nitrogens with one attached hydrogen (secondary N) is 1. The largest absolute Gasteiger partial charge is 0.482 e. The summed E-state index contributed by atoms with van der Waals surface area (Å²) in [7, 11) is 0. The zero-order valence-electron chi connectivity index (χ0n) is 11.8. The quantitative estimate of drug-likeness (QED) is 0.840. The van der Waals surface area contributed by atoms with E-state index in [-0.39, 0.29) is 18.1 Å². The molecule has 0 saturated heterocycles. The van der Waals surface area contributed by atoms with Gasteiger partial charge in [-0.15, -0.1) is 0 Å². The fraction of sp³-hybridized carbons (Fsp3) is 0.235. The Balaban J connectivity index is 1.60. The summed E-state index contributed by atoms with van der Waals surface area (Å²) in [5.74, 6) is 0.383. The summed E-state index contributed by atoms with van der Waals surface area (Å²) >= 11 is 9.42. The molecule has 0 spiro atoms.